The molecule has 8 heteroatoms. The minimum absolute atomic E-state index is 0.0922. The van der Waals surface area contributed by atoms with Crippen LogP contribution < -0.4 is 4.74 Å². The molecule has 0 spiro atoms. The first kappa shape index (κ1) is 21.0. The van der Waals surface area contributed by atoms with Crippen LogP contribution in [0, 0.1) is 13.8 Å². The van der Waals surface area contributed by atoms with Gasteiger partial charge in [-0.25, -0.2) is 0 Å². The van der Waals surface area contributed by atoms with Crippen LogP contribution in [-0.2, 0) is 0 Å². The summed E-state index contributed by atoms with van der Waals surface area (Å²) < 4.78 is 7.33. The zero-order valence-electron chi connectivity index (χ0n) is 16.7. The van der Waals surface area contributed by atoms with Crippen molar-refractivity contribution >= 4 is 17.5 Å². The van der Waals surface area contributed by atoms with Gasteiger partial charge in [0.05, 0.1) is 11.8 Å². The van der Waals surface area contributed by atoms with E-state index in [4.69, 9.17) is 4.74 Å². The van der Waals surface area contributed by atoms with Gasteiger partial charge in [-0.3, -0.25) is 4.79 Å². The Balaban J connectivity index is 1.56. The average Bonchev–Trinajstić information content (AvgIpc) is 3.18. The highest BCUT2D eigenvalue weighted by Gasteiger charge is 2.15. The molecule has 0 fully saturated rings. The van der Waals surface area contributed by atoms with Crippen LogP contribution in [0.4, 0.5) is 0 Å². The minimum Gasteiger partial charge on any atom is -0.491 e. The fourth-order valence-corrected chi connectivity index (χ4v) is 3.68. The number of aliphatic hydroxyl groups excluding tert-OH is 1. The molecule has 0 aliphatic carbocycles. The van der Waals surface area contributed by atoms with E-state index in [1.807, 2.05) is 39.0 Å². The normalized spacial score (nSPS) is 12.0. The number of rotatable bonds is 9. The van der Waals surface area contributed by atoms with E-state index in [9.17, 15) is 9.90 Å². The van der Waals surface area contributed by atoms with Gasteiger partial charge in [-0.1, -0.05) is 36.9 Å². The third-order valence-corrected chi connectivity index (χ3v) is 5.50. The van der Waals surface area contributed by atoms with Crippen LogP contribution in [0.1, 0.15) is 34.8 Å². The first-order valence-electron chi connectivity index (χ1n) is 9.41. The Morgan fingerprint density at radius 3 is 2.52 bits per heavy atom. The molecule has 0 saturated carbocycles. The standard InChI is InChI=1S/C21H24N4O3S/c1-4-19(27)16-8-10-18(11-9-16)28-12-17(26)13-29-21-22-23-24-25(21)20-14(2)6-5-7-15(20)3/h5-11,17,26H,4,12-13H2,1-3H3/t17-/m0/s1. The Kier molecular flexibility index (Phi) is 7.00. The zero-order chi connectivity index (χ0) is 20.8. The largest absolute Gasteiger partial charge is 0.491 e. The number of carbonyl (C=O) groups excluding carboxylic acids is 1. The SMILES string of the molecule is CCC(=O)c1ccc(OC[C@H](O)CSc2nnnn2-c2c(C)cccc2C)cc1. The van der Waals surface area contributed by atoms with Crippen molar-refractivity contribution in [1.29, 1.82) is 0 Å². The van der Waals surface area contributed by atoms with Gasteiger partial charge < -0.3 is 9.84 Å². The molecule has 0 aliphatic rings. The molecular formula is C21H24N4O3S. The first-order valence-corrected chi connectivity index (χ1v) is 10.4. The summed E-state index contributed by atoms with van der Waals surface area (Å²) in [5.41, 5.74) is 3.77. The van der Waals surface area contributed by atoms with E-state index >= 15 is 0 Å². The minimum atomic E-state index is -0.694. The molecule has 29 heavy (non-hydrogen) atoms. The van der Waals surface area contributed by atoms with Crippen molar-refractivity contribution in [3.8, 4) is 11.4 Å². The molecule has 0 unspecified atom stereocenters. The van der Waals surface area contributed by atoms with Gasteiger partial charge in [0.15, 0.2) is 5.78 Å². The molecule has 3 rings (SSSR count). The van der Waals surface area contributed by atoms with E-state index in [1.165, 1.54) is 11.8 Å². The molecule has 1 aromatic heterocycles. The number of Topliss-reactive ketones (excluding diaryl/α,β-unsaturated/α-hetero) is 1. The predicted molar refractivity (Wildman–Crippen MR) is 112 cm³/mol. The smallest absolute Gasteiger partial charge is 0.214 e. The highest BCUT2D eigenvalue weighted by atomic mass is 32.2. The molecular weight excluding hydrogens is 388 g/mol. The van der Waals surface area contributed by atoms with E-state index in [0.717, 1.165) is 16.8 Å². The van der Waals surface area contributed by atoms with Crippen molar-refractivity contribution < 1.29 is 14.6 Å². The summed E-state index contributed by atoms with van der Waals surface area (Å²) in [5, 5.41) is 22.9. The van der Waals surface area contributed by atoms with Gasteiger partial charge in [0.25, 0.3) is 0 Å². The molecule has 2 aromatic carbocycles. The maximum absolute atomic E-state index is 11.7. The Labute approximate surface area is 174 Å². The number of ether oxygens (including phenoxy) is 1. The lowest BCUT2D eigenvalue weighted by Crippen LogP contribution is -2.20. The first-order chi connectivity index (χ1) is 14.0. The zero-order valence-corrected chi connectivity index (χ0v) is 17.5. The Hall–Kier alpha value is -2.71. The summed E-state index contributed by atoms with van der Waals surface area (Å²) >= 11 is 1.37. The van der Waals surface area contributed by atoms with E-state index in [2.05, 4.69) is 15.5 Å². The molecule has 0 saturated heterocycles. The number of para-hydroxylation sites is 1. The van der Waals surface area contributed by atoms with Crippen LogP contribution in [0.5, 0.6) is 5.75 Å². The molecule has 0 bridgehead atoms. The van der Waals surface area contributed by atoms with Crippen molar-refractivity contribution in [3.63, 3.8) is 0 Å². The number of hydrogen-bond donors (Lipinski definition) is 1. The number of nitrogens with zero attached hydrogens (tertiary/aromatic N) is 4. The second-order valence-electron chi connectivity index (χ2n) is 6.69. The Bertz CT molecular complexity index is 952. The molecule has 1 atom stereocenters. The monoisotopic (exact) mass is 412 g/mol. The number of carbonyl (C=O) groups is 1. The molecule has 1 N–H and O–H groups in total. The van der Waals surface area contributed by atoms with Crippen molar-refractivity contribution in [2.75, 3.05) is 12.4 Å². The Morgan fingerprint density at radius 2 is 1.86 bits per heavy atom. The van der Waals surface area contributed by atoms with Gasteiger partial charge >= 0.3 is 0 Å². The number of benzene rings is 2. The molecule has 7 nitrogen and oxygen atoms in total. The van der Waals surface area contributed by atoms with Crippen LogP contribution in [0.2, 0.25) is 0 Å². The highest BCUT2D eigenvalue weighted by molar-refractivity contribution is 7.99. The summed E-state index contributed by atoms with van der Waals surface area (Å²) in [6.07, 6.45) is -0.224. The lowest BCUT2D eigenvalue weighted by atomic mass is 10.1. The van der Waals surface area contributed by atoms with Crippen LogP contribution in [0.3, 0.4) is 0 Å². The fraction of sp³-hybridized carbons (Fsp3) is 0.333. The lowest BCUT2D eigenvalue weighted by Gasteiger charge is -2.13. The third-order valence-electron chi connectivity index (χ3n) is 4.44. The summed E-state index contributed by atoms with van der Waals surface area (Å²) in [6.45, 7) is 6.00. The van der Waals surface area contributed by atoms with Gasteiger partial charge in [-0.2, -0.15) is 4.68 Å². The van der Waals surface area contributed by atoms with Gasteiger partial charge in [0.2, 0.25) is 5.16 Å². The number of hydrogen-bond acceptors (Lipinski definition) is 7. The van der Waals surface area contributed by atoms with Crippen LogP contribution >= 0.6 is 11.8 Å². The van der Waals surface area contributed by atoms with Crippen molar-refractivity contribution in [1.82, 2.24) is 20.2 Å². The van der Waals surface area contributed by atoms with Gasteiger partial charge in [0.1, 0.15) is 12.4 Å². The van der Waals surface area contributed by atoms with Crippen LogP contribution in [0.15, 0.2) is 47.6 Å². The molecule has 3 aromatic rings. The van der Waals surface area contributed by atoms with Crippen LogP contribution in [-0.4, -0.2) is 49.6 Å². The predicted octanol–water partition coefficient (Wildman–Crippen LogP) is 3.40. The number of aliphatic hydroxyl groups is 1. The number of aromatic nitrogens is 4. The third kappa shape index (κ3) is 5.21. The molecule has 0 radical (unpaired) electrons. The number of thioether (sulfide) groups is 1. The average molecular weight is 413 g/mol. The van der Waals surface area contributed by atoms with Crippen molar-refractivity contribution in [2.24, 2.45) is 0 Å². The Morgan fingerprint density at radius 1 is 1.17 bits per heavy atom. The van der Waals surface area contributed by atoms with E-state index < -0.39 is 6.10 Å². The molecule has 152 valence electrons. The maximum atomic E-state index is 11.7. The van der Waals surface area contributed by atoms with Crippen LogP contribution in [0.25, 0.3) is 5.69 Å². The van der Waals surface area contributed by atoms with Gasteiger partial charge in [-0.05, 0) is 59.7 Å². The quantitative estimate of drug-likeness (QED) is 0.425. The van der Waals surface area contributed by atoms with E-state index in [-0.39, 0.29) is 12.4 Å². The summed E-state index contributed by atoms with van der Waals surface area (Å²) in [7, 11) is 0. The number of tetrazole rings is 1. The second-order valence-corrected chi connectivity index (χ2v) is 7.68. The molecule has 0 aliphatic heterocycles. The van der Waals surface area contributed by atoms with Gasteiger partial charge in [-0.15, -0.1) is 5.10 Å². The maximum Gasteiger partial charge on any atom is 0.214 e. The topological polar surface area (TPSA) is 90.1 Å². The van der Waals surface area contributed by atoms with E-state index in [1.54, 1.807) is 28.9 Å². The molecule has 0 amide bonds. The summed E-state index contributed by atoms with van der Waals surface area (Å²) in [4.78, 5) is 11.7. The number of aryl methyl sites for hydroxylation is 2. The highest BCUT2D eigenvalue weighted by Crippen LogP contribution is 2.24. The van der Waals surface area contributed by atoms with Crippen molar-refractivity contribution in [3.05, 3.63) is 59.2 Å². The van der Waals surface area contributed by atoms with Crippen molar-refractivity contribution in [2.45, 2.75) is 38.5 Å². The summed E-state index contributed by atoms with van der Waals surface area (Å²) in [5.74, 6) is 1.09. The fourth-order valence-electron chi connectivity index (χ4n) is 2.90. The molecule has 1 heterocycles. The van der Waals surface area contributed by atoms with Gasteiger partial charge in [0, 0.05) is 17.7 Å². The second kappa shape index (κ2) is 9.67. The summed E-state index contributed by atoms with van der Waals surface area (Å²) in [6, 6.07) is 13.0. The van der Waals surface area contributed by atoms with E-state index in [0.29, 0.717) is 28.6 Å². The number of ketones is 1. The lowest BCUT2D eigenvalue weighted by molar-refractivity contribution is 0.0987.